The molecule has 0 radical (unpaired) electrons. The van der Waals surface area contributed by atoms with Gasteiger partial charge in [-0.05, 0) is 18.2 Å². The standard InChI is InChI=1S/C20H17N5O2/c1-24-13-9-20(27,19(24)26)8-6-15-4-2-5-16(14-15)18-21-11-7-17(23-18)25-12-3-10-22-25/h2-5,7,10-12,14,27H,9,13H2,1H3/t20-/m0/s1. The maximum absolute atomic E-state index is 12.0. The van der Waals surface area contributed by atoms with Crippen molar-refractivity contribution in [3.05, 3.63) is 60.6 Å². The van der Waals surface area contributed by atoms with Crippen molar-refractivity contribution in [1.82, 2.24) is 24.6 Å². The van der Waals surface area contributed by atoms with Gasteiger partial charge in [0.2, 0.25) is 5.60 Å². The largest absolute Gasteiger partial charge is 0.369 e. The van der Waals surface area contributed by atoms with Crippen LogP contribution in [-0.4, -0.2) is 54.9 Å². The van der Waals surface area contributed by atoms with E-state index in [4.69, 9.17) is 0 Å². The zero-order valence-electron chi connectivity index (χ0n) is 14.7. The Kier molecular flexibility index (Phi) is 4.18. The molecule has 4 rings (SSSR count). The van der Waals surface area contributed by atoms with Gasteiger partial charge in [0, 0.05) is 55.8 Å². The van der Waals surface area contributed by atoms with Crippen LogP contribution >= 0.6 is 0 Å². The molecule has 1 aliphatic heterocycles. The van der Waals surface area contributed by atoms with Crippen LogP contribution in [0.1, 0.15) is 12.0 Å². The summed E-state index contributed by atoms with van der Waals surface area (Å²) in [5.41, 5.74) is -0.143. The number of likely N-dealkylation sites (tertiary alicyclic amines) is 1. The summed E-state index contributed by atoms with van der Waals surface area (Å²) in [4.78, 5) is 22.4. The summed E-state index contributed by atoms with van der Waals surface area (Å²) in [6.07, 6.45) is 5.48. The number of aliphatic hydroxyl groups is 1. The molecule has 7 nitrogen and oxygen atoms in total. The Morgan fingerprint density at radius 1 is 1.22 bits per heavy atom. The van der Waals surface area contributed by atoms with Crippen molar-refractivity contribution >= 4 is 5.91 Å². The maximum Gasteiger partial charge on any atom is 0.267 e. The van der Waals surface area contributed by atoms with Gasteiger partial charge in [0.05, 0.1) is 0 Å². The van der Waals surface area contributed by atoms with E-state index < -0.39 is 5.60 Å². The molecule has 1 aromatic carbocycles. The first kappa shape index (κ1) is 16.9. The van der Waals surface area contributed by atoms with Crippen molar-refractivity contribution in [2.45, 2.75) is 12.0 Å². The van der Waals surface area contributed by atoms with Crippen molar-refractivity contribution in [1.29, 1.82) is 0 Å². The van der Waals surface area contributed by atoms with E-state index in [9.17, 15) is 9.90 Å². The highest BCUT2D eigenvalue weighted by molar-refractivity contribution is 5.90. The highest BCUT2D eigenvalue weighted by Gasteiger charge is 2.42. The quantitative estimate of drug-likeness (QED) is 0.697. The normalized spacial score (nSPS) is 19.0. The third kappa shape index (κ3) is 3.30. The summed E-state index contributed by atoms with van der Waals surface area (Å²) < 4.78 is 1.66. The molecule has 0 saturated carbocycles. The first-order valence-corrected chi connectivity index (χ1v) is 8.50. The minimum Gasteiger partial charge on any atom is -0.369 e. The zero-order chi connectivity index (χ0) is 18.9. The summed E-state index contributed by atoms with van der Waals surface area (Å²) >= 11 is 0. The molecule has 0 spiro atoms. The van der Waals surface area contributed by atoms with Crippen LogP contribution < -0.4 is 0 Å². The van der Waals surface area contributed by atoms with Gasteiger partial charge in [-0.1, -0.05) is 24.0 Å². The first-order chi connectivity index (χ1) is 13.0. The minimum atomic E-state index is -1.61. The lowest BCUT2D eigenvalue weighted by Crippen LogP contribution is -2.37. The molecule has 1 N–H and O–H groups in total. The average molecular weight is 359 g/mol. The maximum atomic E-state index is 12.0. The van der Waals surface area contributed by atoms with Gasteiger partial charge in [0.1, 0.15) is 0 Å². The van der Waals surface area contributed by atoms with E-state index in [1.165, 1.54) is 4.90 Å². The number of hydrogen-bond acceptors (Lipinski definition) is 5. The van der Waals surface area contributed by atoms with Crippen molar-refractivity contribution in [3.63, 3.8) is 0 Å². The Hall–Kier alpha value is -3.50. The fourth-order valence-corrected chi connectivity index (χ4v) is 2.90. The van der Waals surface area contributed by atoms with Gasteiger partial charge in [0.25, 0.3) is 5.91 Å². The first-order valence-electron chi connectivity index (χ1n) is 8.50. The molecule has 7 heteroatoms. The van der Waals surface area contributed by atoms with E-state index in [0.29, 0.717) is 30.2 Å². The lowest BCUT2D eigenvalue weighted by molar-refractivity contribution is -0.137. The van der Waals surface area contributed by atoms with Crippen LogP contribution in [0.2, 0.25) is 0 Å². The molecule has 1 saturated heterocycles. The van der Waals surface area contributed by atoms with Gasteiger partial charge in [0.15, 0.2) is 11.6 Å². The van der Waals surface area contributed by atoms with Crippen molar-refractivity contribution in [2.75, 3.05) is 13.6 Å². The lowest BCUT2D eigenvalue weighted by atomic mass is 10.0. The van der Waals surface area contributed by atoms with E-state index in [1.54, 1.807) is 30.2 Å². The van der Waals surface area contributed by atoms with Crippen LogP contribution in [0.3, 0.4) is 0 Å². The number of amides is 1. The molecule has 134 valence electrons. The smallest absolute Gasteiger partial charge is 0.267 e. The summed E-state index contributed by atoms with van der Waals surface area (Å²) in [7, 11) is 1.66. The monoisotopic (exact) mass is 359 g/mol. The molecule has 1 atom stereocenters. The second kappa shape index (κ2) is 6.67. The third-order valence-corrected chi connectivity index (χ3v) is 4.42. The van der Waals surface area contributed by atoms with E-state index in [2.05, 4.69) is 26.9 Å². The highest BCUT2D eigenvalue weighted by Crippen LogP contribution is 2.21. The SMILES string of the molecule is CN1CC[C@@](O)(C#Cc2cccc(-c3nccc(-n4cccn4)n3)c2)C1=O. The predicted octanol–water partition coefficient (Wildman–Crippen LogP) is 1.27. The lowest BCUT2D eigenvalue weighted by Gasteiger charge is -2.13. The topological polar surface area (TPSA) is 84.1 Å². The van der Waals surface area contributed by atoms with Crippen LogP contribution in [0.4, 0.5) is 0 Å². The van der Waals surface area contributed by atoms with Crippen LogP contribution in [0, 0.1) is 11.8 Å². The van der Waals surface area contributed by atoms with Crippen LogP contribution in [0.25, 0.3) is 17.2 Å². The molecule has 1 amide bonds. The predicted molar refractivity (Wildman–Crippen MR) is 98.7 cm³/mol. The molecular weight excluding hydrogens is 342 g/mol. The van der Waals surface area contributed by atoms with E-state index in [1.807, 2.05) is 36.5 Å². The van der Waals surface area contributed by atoms with Crippen molar-refractivity contribution in [3.8, 4) is 29.0 Å². The van der Waals surface area contributed by atoms with Gasteiger partial charge >= 0.3 is 0 Å². The molecule has 1 fully saturated rings. The summed E-state index contributed by atoms with van der Waals surface area (Å²) in [5.74, 6) is 6.48. The molecule has 3 heterocycles. The van der Waals surface area contributed by atoms with Gasteiger partial charge in [-0.25, -0.2) is 14.6 Å². The van der Waals surface area contributed by atoms with E-state index in [-0.39, 0.29) is 5.91 Å². The molecule has 0 unspecified atom stereocenters. The number of aromatic nitrogens is 4. The number of carbonyl (C=O) groups excluding carboxylic acids is 1. The number of benzene rings is 1. The highest BCUT2D eigenvalue weighted by atomic mass is 16.3. The number of carbonyl (C=O) groups is 1. The molecule has 0 bridgehead atoms. The Labute approximate surface area is 156 Å². The van der Waals surface area contributed by atoms with E-state index >= 15 is 0 Å². The average Bonchev–Trinajstić information content (AvgIpc) is 3.33. The summed E-state index contributed by atoms with van der Waals surface area (Å²) in [6.45, 7) is 0.498. The molecule has 2 aromatic heterocycles. The van der Waals surface area contributed by atoms with Crippen LogP contribution in [0.15, 0.2) is 55.0 Å². The minimum absolute atomic E-state index is 0.310. The molecular formula is C20H17N5O2. The fourth-order valence-electron chi connectivity index (χ4n) is 2.90. The third-order valence-electron chi connectivity index (χ3n) is 4.42. The summed E-state index contributed by atoms with van der Waals surface area (Å²) in [6, 6.07) is 11.0. The Bertz CT molecular complexity index is 1050. The molecule has 1 aliphatic rings. The Morgan fingerprint density at radius 3 is 2.85 bits per heavy atom. The van der Waals surface area contributed by atoms with Gasteiger partial charge in [-0.15, -0.1) is 0 Å². The van der Waals surface area contributed by atoms with Gasteiger partial charge < -0.3 is 10.0 Å². The van der Waals surface area contributed by atoms with E-state index in [0.717, 1.165) is 5.56 Å². The summed E-state index contributed by atoms with van der Waals surface area (Å²) in [5, 5.41) is 14.6. The second-order valence-corrected chi connectivity index (χ2v) is 6.36. The Balaban J connectivity index is 1.64. The van der Waals surface area contributed by atoms with Crippen molar-refractivity contribution in [2.24, 2.45) is 0 Å². The fraction of sp³-hybridized carbons (Fsp3) is 0.200. The van der Waals surface area contributed by atoms with Crippen molar-refractivity contribution < 1.29 is 9.90 Å². The Morgan fingerprint density at radius 2 is 2.11 bits per heavy atom. The second-order valence-electron chi connectivity index (χ2n) is 6.36. The van der Waals surface area contributed by atoms with Gasteiger partial charge in [-0.2, -0.15) is 5.10 Å². The zero-order valence-corrected chi connectivity index (χ0v) is 14.7. The van der Waals surface area contributed by atoms with Gasteiger partial charge in [-0.3, -0.25) is 4.79 Å². The molecule has 3 aromatic rings. The van der Waals surface area contributed by atoms with Crippen LogP contribution in [0.5, 0.6) is 0 Å². The molecule has 27 heavy (non-hydrogen) atoms. The number of likely N-dealkylation sites (N-methyl/N-ethyl adjacent to an activating group) is 1. The number of nitrogens with zero attached hydrogens (tertiary/aromatic N) is 5. The number of rotatable bonds is 2. The number of hydrogen-bond donors (Lipinski definition) is 1. The molecule has 0 aliphatic carbocycles. The van der Waals surface area contributed by atoms with Crippen LogP contribution in [-0.2, 0) is 4.79 Å².